The largest absolute Gasteiger partial charge is 0.516 e. The second-order valence-electron chi connectivity index (χ2n) is 5.91. The van der Waals surface area contributed by atoms with Gasteiger partial charge in [-0.1, -0.05) is 24.3 Å². The van der Waals surface area contributed by atoms with Gasteiger partial charge in [0.25, 0.3) is 5.69 Å². The van der Waals surface area contributed by atoms with Crippen LogP contribution in [-0.2, 0) is 22.9 Å². The maximum Gasteiger partial charge on any atom is 0.516 e. The Labute approximate surface area is 152 Å². The molecule has 0 amide bonds. The molecule has 0 heterocycles. The molecule has 0 aliphatic heterocycles. The molecule has 2 aromatic carbocycles. The lowest BCUT2D eigenvalue weighted by molar-refractivity contribution is -0.384. The van der Waals surface area contributed by atoms with Crippen LogP contribution >= 0.6 is 0 Å². The molecule has 1 aliphatic carbocycles. The Hall–Kier alpha value is -2.82. The average Bonchev–Trinajstić information content (AvgIpc) is 2.97. The molecule has 0 saturated heterocycles. The Kier molecular flexibility index (Phi) is 4.72. The molecule has 1 N–H and O–H groups in total. The first-order valence-corrected chi connectivity index (χ1v) is 9.16. The number of sulfonamides is 1. The summed E-state index contributed by atoms with van der Waals surface area (Å²) in [6, 6.07) is 10.1. The number of anilines is 1. The van der Waals surface area contributed by atoms with Crippen molar-refractivity contribution >= 4 is 21.4 Å². The fraction of sp³-hybridized carbons (Fsp3) is 0.250. The van der Waals surface area contributed by atoms with E-state index in [1.54, 1.807) is 0 Å². The first-order chi connectivity index (χ1) is 12.6. The number of nitro groups is 1. The highest BCUT2D eigenvalue weighted by atomic mass is 32.2. The Bertz CT molecular complexity index is 967. The minimum Gasteiger partial charge on any atom is -0.487 e. The van der Waals surface area contributed by atoms with Crippen LogP contribution in [0.4, 0.5) is 24.5 Å². The Balaban J connectivity index is 1.91. The van der Waals surface area contributed by atoms with E-state index in [4.69, 9.17) is 4.74 Å². The number of benzene rings is 2. The third-order valence-corrected chi connectivity index (χ3v) is 5.13. The second kappa shape index (κ2) is 6.72. The highest BCUT2D eigenvalue weighted by Crippen LogP contribution is 2.35. The van der Waals surface area contributed by atoms with Gasteiger partial charge in [-0.25, -0.2) is 0 Å². The molecule has 1 aliphatic rings. The van der Waals surface area contributed by atoms with Gasteiger partial charge in [-0.15, -0.1) is 0 Å². The first-order valence-electron chi connectivity index (χ1n) is 7.68. The predicted molar refractivity (Wildman–Crippen MR) is 90.0 cm³/mol. The fourth-order valence-electron chi connectivity index (χ4n) is 2.79. The zero-order valence-corrected chi connectivity index (χ0v) is 14.4. The smallest absolute Gasteiger partial charge is 0.487 e. The van der Waals surface area contributed by atoms with Gasteiger partial charge >= 0.3 is 15.5 Å². The van der Waals surface area contributed by atoms with Crippen molar-refractivity contribution in [1.29, 1.82) is 0 Å². The van der Waals surface area contributed by atoms with Crippen LogP contribution in [0.1, 0.15) is 11.1 Å². The first kappa shape index (κ1) is 19.0. The van der Waals surface area contributed by atoms with E-state index >= 15 is 0 Å². The van der Waals surface area contributed by atoms with E-state index in [2.05, 4.69) is 0 Å². The summed E-state index contributed by atoms with van der Waals surface area (Å²) in [4.78, 5) is 10.2. The molecule has 0 fully saturated rings. The standard InChI is InChI=1S/C16H13F3N2O5S/c17-16(18,19)27(24,25)20-14-6-5-12(21(22)23)9-15(14)26-13-7-10-3-1-2-4-11(10)8-13/h1-6,9,13,20H,7-8H2. The second-order valence-corrected chi connectivity index (χ2v) is 7.58. The van der Waals surface area contributed by atoms with Crippen molar-refractivity contribution in [2.24, 2.45) is 0 Å². The number of rotatable bonds is 5. The number of nitrogens with zero attached hydrogens (tertiary/aromatic N) is 1. The molecule has 0 saturated carbocycles. The van der Waals surface area contributed by atoms with E-state index < -0.39 is 37.9 Å². The molecule has 11 heteroatoms. The molecule has 0 radical (unpaired) electrons. The number of halogens is 3. The molecule has 0 spiro atoms. The summed E-state index contributed by atoms with van der Waals surface area (Å²) in [7, 11) is -5.69. The maximum atomic E-state index is 12.6. The van der Waals surface area contributed by atoms with Crippen LogP contribution in [0.2, 0.25) is 0 Å². The minimum absolute atomic E-state index is 0.338. The number of fused-ring (bicyclic) bond motifs is 1. The van der Waals surface area contributed by atoms with E-state index in [1.807, 2.05) is 24.3 Å². The van der Waals surface area contributed by atoms with Crippen LogP contribution in [0.15, 0.2) is 42.5 Å². The molecule has 0 atom stereocenters. The molecule has 0 aromatic heterocycles. The molecule has 0 unspecified atom stereocenters. The van der Waals surface area contributed by atoms with Gasteiger partial charge in [0.15, 0.2) is 5.75 Å². The number of nitro benzene ring substituents is 1. The van der Waals surface area contributed by atoms with E-state index in [-0.39, 0.29) is 5.75 Å². The molecule has 2 aromatic rings. The zero-order chi connectivity index (χ0) is 19.8. The Morgan fingerprint density at radius 1 is 1.11 bits per heavy atom. The molecular formula is C16H13F3N2O5S. The van der Waals surface area contributed by atoms with Crippen molar-refractivity contribution in [3.63, 3.8) is 0 Å². The van der Waals surface area contributed by atoms with Crippen LogP contribution < -0.4 is 9.46 Å². The summed E-state index contributed by atoms with van der Waals surface area (Å²) < 4.78 is 67.7. The third-order valence-electron chi connectivity index (χ3n) is 4.03. The normalized spacial score (nSPS) is 14.6. The third kappa shape index (κ3) is 3.97. The highest BCUT2D eigenvalue weighted by molar-refractivity contribution is 7.93. The number of ether oxygens (including phenoxy) is 1. The Morgan fingerprint density at radius 2 is 1.70 bits per heavy atom. The van der Waals surface area contributed by atoms with Crippen LogP contribution in [0, 0.1) is 10.1 Å². The summed E-state index contributed by atoms with van der Waals surface area (Å²) in [5.74, 6) is -0.338. The van der Waals surface area contributed by atoms with E-state index in [0.717, 1.165) is 29.3 Å². The SMILES string of the molecule is O=[N+]([O-])c1ccc(NS(=O)(=O)C(F)(F)F)c(OC2Cc3ccccc3C2)c1. The summed E-state index contributed by atoms with van der Waals surface area (Å²) in [6.07, 6.45) is 0.410. The lowest BCUT2D eigenvalue weighted by Gasteiger charge is -2.18. The highest BCUT2D eigenvalue weighted by Gasteiger charge is 2.46. The van der Waals surface area contributed by atoms with Gasteiger partial charge in [0.2, 0.25) is 0 Å². The average molecular weight is 402 g/mol. The minimum atomic E-state index is -5.69. The van der Waals surface area contributed by atoms with Crippen LogP contribution in [-0.4, -0.2) is 25.0 Å². The Morgan fingerprint density at radius 3 is 2.22 bits per heavy atom. The number of alkyl halides is 3. The molecule has 27 heavy (non-hydrogen) atoms. The number of nitrogens with one attached hydrogen (secondary N) is 1. The topological polar surface area (TPSA) is 98.5 Å². The van der Waals surface area contributed by atoms with E-state index in [0.29, 0.717) is 12.8 Å². The lowest BCUT2D eigenvalue weighted by atomic mass is 10.1. The van der Waals surface area contributed by atoms with Gasteiger partial charge in [-0.3, -0.25) is 14.8 Å². The van der Waals surface area contributed by atoms with Gasteiger partial charge < -0.3 is 4.74 Å². The molecule has 144 valence electrons. The summed E-state index contributed by atoms with van der Waals surface area (Å²) >= 11 is 0. The van der Waals surface area contributed by atoms with E-state index in [9.17, 15) is 31.7 Å². The van der Waals surface area contributed by atoms with Gasteiger partial charge in [-0.05, 0) is 17.2 Å². The predicted octanol–water partition coefficient (Wildman–Crippen LogP) is 3.40. The molecule has 3 rings (SSSR count). The summed E-state index contributed by atoms with van der Waals surface area (Å²) in [6.45, 7) is 0. The van der Waals surface area contributed by atoms with Crippen molar-refractivity contribution in [2.45, 2.75) is 24.5 Å². The van der Waals surface area contributed by atoms with Gasteiger partial charge in [-0.2, -0.15) is 21.6 Å². The van der Waals surface area contributed by atoms with Crippen molar-refractivity contribution in [3.05, 3.63) is 63.7 Å². The molecule has 0 bridgehead atoms. The van der Waals surface area contributed by atoms with Gasteiger partial charge in [0, 0.05) is 18.9 Å². The van der Waals surface area contributed by atoms with Crippen molar-refractivity contribution in [3.8, 4) is 5.75 Å². The lowest BCUT2D eigenvalue weighted by Crippen LogP contribution is -2.30. The summed E-state index contributed by atoms with van der Waals surface area (Å²) in [5, 5.41) is 11.0. The quantitative estimate of drug-likeness (QED) is 0.611. The van der Waals surface area contributed by atoms with Gasteiger partial charge in [0.05, 0.1) is 16.7 Å². The van der Waals surface area contributed by atoms with E-state index in [1.165, 1.54) is 4.72 Å². The number of hydrogen-bond acceptors (Lipinski definition) is 5. The molecule has 7 nitrogen and oxygen atoms in total. The fourth-order valence-corrected chi connectivity index (χ4v) is 3.36. The van der Waals surface area contributed by atoms with Crippen molar-refractivity contribution < 1.29 is 31.2 Å². The number of non-ortho nitro benzene ring substituents is 1. The number of hydrogen-bond donors (Lipinski definition) is 1. The van der Waals surface area contributed by atoms with Gasteiger partial charge in [0.1, 0.15) is 6.10 Å². The van der Waals surface area contributed by atoms with Crippen LogP contribution in [0.3, 0.4) is 0 Å². The van der Waals surface area contributed by atoms with Crippen LogP contribution in [0.5, 0.6) is 5.75 Å². The summed E-state index contributed by atoms with van der Waals surface area (Å²) in [5.41, 5.74) is -4.50. The molecular weight excluding hydrogens is 389 g/mol. The van der Waals surface area contributed by atoms with Crippen molar-refractivity contribution in [1.82, 2.24) is 0 Å². The van der Waals surface area contributed by atoms with Crippen LogP contribution in [0.25, 0.3) is 0 Å². The van der Waals surface area contributed by atoms with Crippen molar-refractivity contribution in [2.75, 3.05) is 4.72 Å². The monoisotopic (exact) mass is 402 g/mol. The zero-order valence-electron chi connectivity index (χ0n) is 13.6. The maximum absolute atomic E-state index is 12.6.